The maximum atomic E-state index is 12.3. The van der Waals surface area contributed by atoms with E-state index in [9.17, 15) is 4.79 Å². The Hall–Kier alpha value is -1.37. The lowest BCUT2D eigenvalue weighted by atomic mass is 10.2. The van der Waals surface area contributed by atoms with Crippen LogP contribution >= 0.6 is 22.6 Å². The lowest BCUT2D eigenvalue weighted by molar-refractivity contribution is 0.0782. The van der Waals surface area contributed by atoms with Gasteiger partial charge in [-0.05, 0) is 40.8 Å². The molecule has 5 heteroatoms. The molecule has 1 heterocycles. The van der Waals surface area contributed by atoms with Crippen molar-refractivity contribution in [2.45, 2.75) is 6.54 Å². The number of amides is 1. The molecule has 0 atom stereocenters. The highest BCUT2D eigenvalue weighted by atomic mass is 127. The van der Waals surface area contributed by atoms with E-state index in [0.29, 0.717) is 6.54 Å². The Labute approximate surface area is 120 Å². The molecule has 2 rings (SSSR count). The number of carbonyl (C=O) groups is 1. The van der Waals surface area contributed by atoms with E-state index in [1.165, 1.54) is 0 Å². The van der Waals surface area contributed by atoms with E-state index in [2.05, 4.69) is 27.7 Å². The van der Waals surface area contributed by atoms with E-state index in [0.717, 1.165) is 14.8 Å². The van der Waals surface area contributed by atoms with Gasteiger partial charge in [-0.15, -0.1) is 0 Å². The van der Waals surface area contributed by atoms with E-state index in [1.807, 2.05) is 43.6 Å². The van der Waals surface area contributed by atoms with Crippen molar-refractivity contribution < 1.29 is 4.79 Å². The summed E-state index contributed by atoms with van der Waals surface area (Å²) < 4.78 is 2.70. The van der Waals surface area contributed by atoms with E-state index >= 15 is 0 Å². The molecule has 94 valence electrons. The predicted octanol–water partition coefficient (Wildman–Crippen LogP) is 2.30. The summed E-state index contributed by atoms with van der Waals surface area (Å²) in [5.41, 5.74) is 1.62. The second-order valence-electron chi connectivity index (χ2n) is 4.12. The van der Waals surface area contributed by atoms with E-state index in [4.69, 9.17) is 0 Å². The maximum Gasteiger partial charge on any atom is 0.255 e. The van der Waals surface area contributed by atoms with Gasteiger partial charge in [0.25, 0.3) is 5.91 Å². The number of carbonyl (C=O) groups excluding carboxylic acids is 1. The molecule has 0 fully saturated rings. The normalized spacial score (nSPS) is 10.4. The average Bonchev–Trinajstić information content (AvgIpc) is 2.74. The number of rotatable bonds is 3. The second kappa shape index (κ2) is 5.51. The Morgan fingerprint density at radius 2 is 2.11 bits per heavy atom. The summed E-state index contributed by atoms with van der Waals surface area (Å²) >= 11 is 2.18. The molecular weight excluding hydrogens is 341 g/mol. The average molecular weight is 355 g/mol. The van der Waals surface area contributed by atoms with Gasteiger partial charge in [-0.2, -0.15) is 5.10 Å². The summed E-state index contributed by atoms with van der Waals surface area (Å²) in [7, 11) is 3.66. The van der Waals surface area contributed by atoms with Gasteiger partial charge in [-0.25, -0.2) is 0 Å². The van der Waals surface area contributed by atoms with E-state index < -0.39 is 0 Å². The van der Waals surface area contributed by atoms with Crippen LogP contribution in [-0.4, -0.2) is 27.6 Å². The van der Waals surface area contributed by atoms with Gasteiger partial charge >= 0.3 is 0 Å². The summed E-state index contributed by atoms with van der Waals surface area (Å²) in [6, 6.07) is 9.50. The molecule has 1 aromatic heterocycles. The van der Waals surface area contributed by atoms with Gasteiger partial charge in [0.15, 0.2) is 0 Å². The van der Waals surface area contributed by atoms with Gasteiger partial charge < -0.3 is 4.90 Å². The smallest absolute Gasteiger partial charge is 0.255 e. The molecule has 1 aromatic carbocycles. The van der Waals surface area contributed by atoms with Crippen LogP contribution in [0.15, 0.2) is 36.5 Å². The second-order valence-corrected chi connectivity index (χ2v) is 5.28. The zero-order valence-electron chi connectivity index (χ0n) is 10.3. The molecule has 0 spiro atoms. The van der Waals surface area contributed by atoms with Crippen molar-refractivity contribution >= 4 is 28.5 Å². The van der Waals surface area contributed by atoms with Crippen LogP contribution in [0.2, 0.25) is 0 Å². The van der Waals surface area contributed by atoms with Crippen LogP contribution in [0, 0.1) is 3.57 Å². The molecule has 0 radical (unpaired) electrons. The minimum atomic E-state index is 0.0191. The van der Waals surface area contributed by atoms with Crippen LogP contribution in [0.3, 0.4) is 0 Å². The zero-order chi connectivity index (χ0) is 13.1. The van der Waals surface area contributed by atoms with Crippen molar-refractivity contribution in [1.82, 2.24) is 14.7 Å². The molecule has 0 saturated heterocycles. The number of hydrogen-bond acceptors (Lipinski definition) is 2. The quantitative estimate of drug-likeness (QED) is 0.793. The van der Waals surface area contributed by atoms with Crippen LogP contribution < -0.4 is 0 Å². The standard InChI is InChI=1S/C13H14IN3O/c1-16(9-10-7-8-17(2)15-10)13(18)11-5-3-4-6-12(11)14/h3-8H,9H2,1-2H3. The van der Waals surface area contributed by atoms with Crippen LogP contribution in [0.4, 0.5) is 0 Å². The van der Waals surface area contributed by atoms with Crippen molar-refractivity contribution in [2.75, 3.05) is 7.05 Å². The monoisotopic (exact) mass is 355 g/mol. The highest BCUT2D eigenvalue weighted by Gasteiger charge is 2.15. The fourth-order valence-corrected chi connectivity index (χ4v) is 2.32. The third-order valence-corrected chi connectivity index (χ3v) is 3.56. The molecule has 2 aromatic rings. The first-order valence-electron chi connectivity index (χ1n) is 5.56. The van der Waals surface area contributed by atoms with Crippen LogP contribution in [0.25, 0.3) is 0 Å². The summed E-state index contributed by atoms with van der Waals surface area (Å²) in [5.74, 6) is 0.0191. The Morgan fingerprint density at radius 3 is 2.72 bits per heavy atom. The van der Waals surface area contributed by atoms with Crippen molar-refractivity contribution in [3.63, 3.8) is 0 Å². The van der Waals surface area contributed by atoms with Crippen molar-refractivity contribution in [3.8, 4) is 0 Å². The molecule has 0 saturated carbocycles. The minimum absolute atomic E-state index is 0.0191. The Kier molecular flexibility index (Phi) is 4.00. The van der Waals surface area contributed by atoms with Crippen molar-refractivity contribution in [1.29, 1.82) is 0 Å². The van der Waals surface area contributed by atoms with Crippen LogP contribution in [-0.2, 0) is 13.6 Å². The largest absolute Gasteiger partial charge is 0.336 e. The lowest BCUT2D eigenvalue weighted by Gasteiger charge is -2.16. The van der Waals surface area contributed by atoms with Gasteiger partial charge in [0.05, 0.1) is 17.8 Å². The van der Waals surface area contributed by atoms with E-state index in [1.54, 1.807) is 16.6 Å². The molecule has 4 nitrogen and oxygen atoms in total. The SMILES string of the molecule is CN(Cc1ccn(C)n1)C(=O)c1ccccc1I. The number of aryl methyl sites for hydroxylation is 1. The summed E-state index contributed by atoms with van der Waals surface area (Å²) in [5, 5.41) is 4.27. The Morgan fingerprint density at radius 1 is 1.39 bits per heavy atom. The van der Waals surface area contributed by atoms with Crippen molar-refractivity contribution in [2.24, 2.45) is 7.05 Å². The fraction of sp³-hybridized carbons (Fsp3) is 0.231. The molecular formula is C13H14IN3O. The first-order chi connectivity index (χ1) is 8.58. The first kappa shape index (κ1) is 13.1. The number of benzene rings is 1. The topological polar surface area (TPSA) is 38.1 Å². The van der Waals surface area contributed by atoms with Gasteiger partial charge in [0.1, 0.15) is 0 Å². The maximum absolute atomic E-state index is 12.3. The molecule has 0 N–H and O–H groups in total. The number of nitrogens with zero attached hydrogens (tertiary/aromatic N) is 3. The molecule has 0 aliphatic carbocycles. The number of aromatic nitrogens is 2. The third kappa shape index (κ3) is 2.90. The van der Waals surface area contributed by atoms with Gasteiger partial charge in [-0.3, -0.25) is 9.48 Å². The zero-order valence-corrected chi connectivity index (χ0v) is 12.5. The Bertz CT molecular complexity index is 565. The summed E-state index contributed by atoms with van der Waals surface area (Å²) in [4.78, 5) is 13.9. The van der Waals surface area contributed by atoms with Crippen LogP contribution in [0.1, 0.15) is 16.1 Å². The van der Waals surface area contributed by atoms with E-state index in [-0.39, 0.29) is 5.91 Å². The van der Waals surface area contributed by atoms with Gasteiger partial charge in [-0.1, -0.05) is 12.1 Å². The summed E-state index contributed by atoms with van der Waals surface area (Å²) in [6.07, 6.45) is 1.87. The molecule has 0 aliphatic heterocycles. The first-order valence-corrected chi connectivity index (χ1v) is 6.64. The number of halogens is 1. The predicted molar refractivity (Wildman–Crippen MR) is 78.2 cm³/mol. The summed E-state index contributed by atoms with van der Waals surface area (Å²) in [6.45, 7) is 0.518. The molecule has 0 aliphatic rings. The van der Waals surface area contributed by atoms with Gasteiger partial charge in [0.2, 0.25) is 0 Å². The Balaban J connectivity index is 2.12. The van der Waals surface area contributed by atoms with Gasteiger partial charge in [0, 0.05) is 23.9 Å². The minimum Gasteiger partial charge on any atom is -0.336 e. The molecule has 0 bridgehead atoms. The van der Waals surface area contributed by atoms with Crippen LogP contribution in [0.5, 0.6) is 0 Å². The fourth-order valence-electron chi connectivity index (χ4n) is 1.70. The van der Waals surface area contributed by atoms with Crippen molar-refractivity contribution in [3.05, 3.63) is 51.4 Å². The number of hydrogen-bond donors (Lipinski definition) is 0. The molecule has 0 unspecified atom stereocenters. The highest BCUT2D eigenvalue weighted by molar-refractivity contribution is 14.1. The molecule has 1 amide bonds. The third-order valence-electron chi connectivity index (χ3n) is 2.62. The lowest BCUT2D eigenvalue weighted by Crippen LogP contribution is -2.27. The highest BCUT2D eigenvalue weighted by Crippen LogP contribution is 2.14. The molecule has 18 heavy (non-hydrogen) atoms.